The SMILES string of the molecule is CCCCCCCCCCCCCC(=O)OC[C@H](COP(=O)(O)OC[C@H](O)COP(=O)(O)OC[C@@H](COC(=O)CCCCCCCCCCCCCCCCCCCCC(C)C)OC(=O)CCCCCCCCCCCCCCCCCCCCC(C)C)OC(=O)CCCCCCCCCCCCCCCCC(C)C. The van der Waals surface area contributed by atoms with Crippen LogP contribution in [-0.4, -0.2) is 96.7 Å². The Kier molecular flexibility index (Phi) is 79.4. The summed E-state index contributed by atoms with van der Waals surface area (Å²) in [6.45, 7) is 12.1. The van der Waals surface area contributed by atoms with Crippen LogP contribution in [0.4, 0.5) is 0 Å². The van der Waals surface area contributed by atoms with Gasteiger partial charge < -0.3 is 33.8 Å². The van der Waals surface area contributed by atoms with Gasteiger partial charge in [0.05, 0.1) is 26.4 Å². The number of aliphatic hydroxyl groups excluding tert-OH is 1. The molecule has 110 heavy (non-hydrogen) atoms. The summed E-state index contributed by atoms with van der Waals surface area (Å²) >= 11 is 0. The number of unbranched alkanes of at least 4 members (excludes halogenated alkanes) is 57. The Balaban J connectivity index is 5.23. The number of esters is 4. The first-order valence-corrected chi connectivity index (χ1v) is 49.8. The van der Waals surface area contributed by atoms with E-state index in [1.54, 1.807) is 0 Å². The van der Waals surface area contributed by atoms with E-state index in [4.69, 9.17) is 37.0 Å². The summed E-state index contributed by atoms with van der Waals surface area (Å²) < 4.78 is 69.1. The van der Waals surface area contributed by atoms with Crippen molar-refractivity contribution in [2.24, 2.45) is 17.8 Å². The number of carbonyl (C=O) groups excluding carboxylic acids is 4. The Morgan fingerprint density at radius 2 is 0.418 bits per heavy atom. The summed E-state index contributed by atoms with van der Waals surface area (Å²) in [4.78, 5) is 73.4. The van der Waals surface area contributed by atoms with Gasteiger partial charge in [-0.2, -0.15) is 0 Å². The fourth-order valence-corrected chi connectivity index (χ4v) is 15.8. The van der Waals surface area contributed by atoms with Crippen molar-refractivity contribution in [3.8, 4) is 0 Å². The number of aliphatic hydroxyl groups is 1. The van der Waals surface area contributed by atoms with Gasteiger partial charge in [-0.05, 0) is 43.4 Å². The lowest BCUT2D eigenvalue weighted by Crippen LogP contribution is -2.30. The number of carbonyl (C=O) groups is 4. The van der Waals surface area contributed by atoms with Crippen molar-refractivity contribution < 1.29 is 80.2 Å². The first-order chi connectivity index (χ1) is 53.2. The Morgan fingerprint density at radius 1 is 0.245 bits per heavy atom. The summed E-state index contributed by atoms with van der Waals surface area (Å²) in [5.74, 6) is 0.341. The van der Waals surface area contributed by atoms with E-state index < -0.39 is 97.5 Å². The third-order valence-corrected chi connectivity index (χ3v) is 23.3. The zero-order chi connectivity index (χ0) is 80.8. The molecule has 2 unspecified atom stereocenters. The van der Waals surface area contributed by atoms with E-state index in [0.717, 1.165) is 108 Å². The lowest BCUT2D eigenvalue weighted by molar-refractivity contribution is -0.161. The molecule has 5 atom stereocenters. The van der Waals surface area contributed by atoms with Crippen molar-refractivity contribution >= 4 is 39.5 Å². The Morgan fingerprint density at radius 3 is 0.618 bits per heavy atom. The van der Waals surface area contributed by atoms with Crippen LogP contribution < -0.4 is 0 Å². The van der Waals surface area contributed by atoms with Gasteiger partial charge in [-0.3, -0.25) is 37.3 Å². The minimum Gasteiger partial charge on any atom is -0.462 e. The number of ether oxygens (including phenoxy) is 4. The third-order valence-electron chi connectivity index (χ3n) is 21.4. The quantitative estimate of drug-likeness (QED) is 0.0222. The smallest absolute Gasteiger partial charge is 0.462 e. The Hall–Kier alpha value is -1.94. The first kappa shape index (κ1) is 108. The van der Waals surface area contributed by atoms with Crippen LogP contribution in [0, 0.1) is 17.8 Å². The predicted octanol–water partition coefficient (Wildman–Crippen LogP) is 28.0. The lowest BCUT2D eigenvalue weighted by Gasteiger charge is -2.21. The standard InChI is InChI=1S/C91H178O17P2/c1-8-9-10-11-12-13-34-44-51-58-65-72-88(93)101-78-86(107-91(96)75-68-61-54-47-40-33-27-26-30-37-43-50-57-64-71-84(6)7)80-105-109(97,98)103-76-85(92)77-104-110(99,100)106-81-87(108-90(95)74-67-60-53-46-39-32-25-21-17-15-19-23-29-36-42-49-56-63-70-83(4)5)79-102-89(94)73-66-59-52-45-38-31-24-20-16-14-18-22-28-35-41-48-55-62-69-82(2)3/h82-87,92H,8-81H2,1-7H3,(H,97,98)(H,99,100)/t85-,86+,87+/m0/s1. The molecule has 654 valence electrons. The summed E-state index contributed by atoms with van der Waals surface area (Å²) in [5, 5.41) is 10.7. The maximum Gasteiger partial charge on any atom is 0.472 e. The third kappa shape index (κ3) is 84.0. The molecule has 3 N–H and O–H groups in total. The van der Waals surface area contributed by atoms with E-state index in [9.17, 15) is 43.2 Å². The van der Waals surface area contributed by atoms with Crippen LogP contribution in [0.2, 0.25) is 0 Å². The molecule has 0 spiro atoms. The molecule has 0 fully saturated rings. The Bertz CT molecular complexity index is 2110. The van der Waals surface area contributed by atoms with Gasteiger partial charge in [-0.25, -0.2) is 9.13 Å². The molecule has 0 rings (SSSR count). The summed E-state index contributed by atoms with van der Waals surface area (Å²) in [6.07, 6.45) is 73.6. The molecule has 0 aliphatic heterocycles. The van der Waals surface area contributed by atoms with Crippen molar-refractivity contribution in [2.75, 3.05) is 39.6 Å². The van der Waals surface area contributed by atoms with Crippen LogP contribution >= 0.6 is 15.6 Å². The van der Waals surface area contributed by atoms with Gasteiger partial charge in [0.25, 0.3) is 0 Å². The highest BCUT2D eigenvalue weighted by atomic mass is 31.2. The van der Waals surface area contributed by atoms with Gasteiger partial charge in [-0.1, -0.05) is 434 Å². The van der Waals surface area contributed by atoms with E-state index in [1.807, 2.05) is 0 Å². The highest BCUT2D eigenvalue weighted by molar-refractivity contribution is 7.47. The monoisotopic (exact) mass is 1610 g/mol. The maximum absolute atomic E-state index is 13.2. The predicted molar refractivity (Wildman–Crippen MR) is 455 cm³/mol. The minimum atomic E-state index is -4.97. The summed E-state index contributed by atoms with van der Waals surface area (Å²) in [5.41, 5.74) is 0. The van der Waals surface area contributed by atoms with E-state index in [0.29, 0.717) is 25.7 Å². The molecule has 0 amide bonds. The molecule has 0 aromatic rings. The van der Waals surface area contributed by atoms with Crippen molar-refractivity contribution in [2.45, 2.75) is 503 Å². The average molecular weight is 1610 g/mol. The molecule has 0 aromatic heterocycles. The molecule has 0 bridgehead atoms. The fourth-order valence-electron chi connectivity index (χ4n) is 14.3. The average Bonchev–Trinajstić information content (AvgIpc) is 0.898. The van der Waals surface area contributed by atoms with Crippen molar-refractivity contribution in [3.63, 3.8) is 0 Å². The van der Waals surface area contributed by atoms with E-state index in [1.165, 1.54) is 295 Å². The molecule has 19 heteroatoms. The highest BCUT2D eigenvalue weighted by Crippen LogP contribution is 2.45. The van der Waals surface area contributed by atoms with Gasteiger partial charge in [0.2, 0.25) is 0 Å². The van der Waals surface area contributed by atoms with Crippen LogP contribution in [0.3, 0.4) is 0 Å². The highest BCUT2D eigenvalue weighted by Gasteiger charge is 2.31. The zero-order valence-corrected chi connectivity index (χ0v) is 74.5. The topological polar surface area (TPSA) is 237 Å². The van der Waals surface area contributed by atoms with E-state index in [2.05, 4.69) is 48.5 Å². The number of rotatable bonds is 89. The Labute approximate surface area is 677 Å². The summed E-state index contributed by atoms with van der Waals surface area (Å²) in [7, 11) is -9.94. The van der Waals surface area contributed by atoms with Crippen molar-refractivity contribution in [1.82, 2.24) is 0 Å². The fraction of sp³-hybridized carbons (Fsp3) is 0.956. The second-order valence-electron chi connectivity index (χ2n) is 34.1. The molecular formula is C91H178O17P2. The molecule has 0 aliphatic rings. The van der Waals surface area contributed by atoms with Crippen molar-refractivity contribution in [1.29, 1.82) is 0 Å². The molecule has 0 heterocycles. The lowest BCUT2D eigenvalue weighted by atomic mass is 10.0. The molecule has 17 nitrogen and oxygen atoms in total. The molecular weight excluding hydrogens is 1430 g/mol. The van der Waals surface area contributed by atoms with Crippen LogP contribution in [0.5, 0.6) is 0 Å². The van der Waals surface area contributed by atoms with Gasteiger partial charge in [0.15, 0.2) is 12.2 Å². The molecule has 0 saturated heterocycles. The van der Waals surface area contributed by atoms with E-state index >= 15 is 0 Å². The number of hydrogen-bond donors (Lipinski definition) is 3. The number of hydrogen-bond acceptors (Lipinski definition) is 15. The van der Waals surface area contributed by atoms with Gasteiger partial charge in [0.1, 0.15) is 19.3 Å². The van der Waals surface area contributed by atoms with Gasteiger partial charge >= 0.3 is 39.5 Å². The van der Waals surface area contributed by atoms with Gasteiger partial charge in [-0.15, -0.1) is 0 Å². The second-order valence-corrected chi connectivity index (χ2v) is 37.0. The second kappa shape index (κ2) is 80.8. The summed E-state index contributed by atoms with van der Waals surface area (Å²) in [6, 6.07) is 0. The number of phosphoric ester groups is 2. The van der Waals surface area contributed by atoms with Crippen LogP contribution in [0.15, 0.2) is 0 Å². The first-order valence-electron chi connectivity index (χ1n) is 46.8. The zero-order valence-electron chi connectivity index (χ0n) is 72.7. The number of phosphoric acid groups is 2. The molecule has 0 saturated carbocycles. The van der Waals surface area contributed by atoms with Crippen molar-refractivity contribution in [3.05, 3.63) is 0 Å². The maximum atomic E-state index is 13.2. The van der Waals surface area contributed by atoms with Crippen LogP contribution in [0.1, 0.15) is 485 Å². The van der Waals surface area contributed by atoms with Gasteiger partial charge in [0, 0.05) is 25.7 Å². The van der Waals surface area contributed by atoms with Crippen LogP contribution in [0.25, 0.3) is 0 Å². The van der Waals surface area contributed by atoms with E-state index in [-0.39, 0.29) is 25.7 Å². The normalized spacial score (nSPS) is 13.8. The molecule has 0 radical (unpaired) electrons. The van der Waals surface area contributed by atoms with Crippen LogP contribution in [-0.2, 0) is 65.4 Å². The largest absolute Gasteiger partial charge is 0.472 e. The minimum absolute atomic E-state index is 0.108. The molecule has 0 aliphatic carbocycles. The molecule has 0 aromatic carbocycles.